The average molecular weight is 190 g/mol. The third-order valence-corrected chi connectivity index (χ3v) is 2.16. The lowest BCUT2D eigenvalue weighted by atomic mass is 10.9. The lowest BCUT2D eigenvalue weighted by molar-refractivity contribution is -0.0548. The van der Waals surface area contributed by atoms with Crippen molar-refractivity contribution in [3.8, 4) is 0 Å². The second-order valence-electron chi connectivity index (χ2n) is 2.20. The second-order valence-corrected chi connectivity index (χ2v) is 3.76. The van der Waals surface area contributed by atoms with Crippen LogP contribution in [-0.2, 0) is 14.3 Å². The molecule has 0 N–H and O–H groups in total. The van der Waals surface area contributed by atoms with E-state index in [-0.39, 0.29) is 0 Å². The SMILES string of the molecule is O=S(=O)(OC1CC1)C(F)(F)F. The van der Waals surface area contributed by atoms with Gasteiger partial charge in [-0.05, 0) is 12.8 Å². The molecule has 0 aromatic carbocycles. The van der Waals surface area contributed by atoms with Gasteiger partial charge in [0, 0.05) is 0 Å². The second kappa shape index (κ2) is 2.34. The molecule has 11 heavy (non-hydrogen) atoms. The van der Waals surface area contributed by atoms with Gasteiger partial charge in [-0.1, -0.05) is 0 Å². The highest BCUT2D eigenvalue weighted by Crippen LogP contribution is 2.32. The molecule has 0 unspecified atom stereocenters. The van der Waals surface area contributed by atoms with Gasteiger partial charge in [0.05, 0.1) is 6.10 Å². The average Bonchev–Trinajstić information content (AvgIpc) is 2.45. The van der Waals surface area contributed by atoms with E-state index in [1.165, 1.54) is 0 Å². The number of rotatable bonds is 2. The molecule has 0 bridgehead atoms. The standard InChI is InChI=1S/C4H5F3O3S/c5-4(6,7)11(8,9)10-3-1-2-3/h3H,1-2H2. The first-order valence-electron chi connectivity index (χ1n) is 2.82. The molecule has 66 valence electrons. The molecule has 0 atom stereocenters. The fraction of sp³-hybridized carbons (Fsp3) is 1.00. The Balaban J connectivity index is 2.65. The van der Waals surface area contributed by atoms with E-state index in [4.69, 9.17) is 0 Å². The summed E-state index contributed by atoms with van der Waals surface area (Å²) in [5.74, 6) is 0. The van der Waals surface area contributed by atoms with E-state index in [1.54, 1.807) is 0 Å². The Morgan fingerprint density at radius 2 is 1.73 bits per heavy atom. The summed E-state index contributed by atoms with van der Waals surface area (Å²) in [6, 6.07) is 0. The lowest BCUT2D eigenvalue weighted by Gasteiger charge is -2.06. The molecule has 1 saturated carbocycles. The van der Waals surface area contributed by atoms with Crippen LogP contribution in [0.1, 0.15) is 12.8 Å². The molecule has 0 aromatic heterocycles. The van der Waals surface area contributed by atoms with E-state index in [2.05, 4.69) is 4.18 Å². The topological polar surface area (TPSA) is 43.4 Å². The van der Waals surface area contributed by atoms with Crippen molar-refractivity contribution in [2.24, 2.45) is 0 Å². The fourth-order valence-electron chi connectivity index (χ4n) is 0.398. The molecule has 0 heterocycles. The highest BCUT2D eigenvalue weighted by Gasteiger charge is 2.49. The molecule has 7 heteroatoms. The Labute approximate surface area is 61.3 Å². The van der Waals surface area contributed by atoms with Crippen LogP contribution in [0.25, 0.3) is 0 Å². The number of alkyl halides is 3. The van der Waals surface area contributed by atoms with Crippen molar-refractivity contribution < 1.29 is 25.8 Å². The maximum Gasteiger partial charge on any atom is 0.523 e. The Bertz CT molecular complexity index is 238. The van der Waals surface area contributed by atoms with Crippen molar-refractivity contribution in [1.29, 1.82) is 0 Å². The number of halogens is 3. The molecule has 1 fully saturated rings. The normalized spacial score (nSPS) is 20.3. The van der Waals surface area contributed by atoms with E-state index >= 15 is 0 Å². The van der Waals surface area contributed by atoms with Crippen molar-refractivity contribution in [2.75, 3.05) is 0 Å². The first-order valence-corrected chi connectivity index (χ1v) is 4.23. The molecular weight excluding hydrogens is 185 g/mol. The number of hydrogen-bond donors (Lipinski definition) is 0. The van der Waals surface area contributed by atoms with Crippen LogP contribution in [0, 0.1) is 0 Å². The highest BCUT2D eigenvalue weighted by atomic mass is 32.2. The molecule has 0 radical (unpaired) electrons. The minimum atomic E-state index is -5.33. The zero-order valence-electron chi connectivity index (χ0n) is 5.26. The van der Waals surface area contributed by atoms with Gasteiger partial charge in [0.2, 0.25) is 0 Å². The molecule has 0 aliphatic heterocycles. The van der Waals surface area contributed by atoms with Gasteiger partial charge >= 0.3 is 15.6 Å². The van der Waals surface area contributed by atoms with Crippen LogP contribution in [0.15, 0.2) is 0 Å². The van der Waals surface area contributed by atoms with Gasteiger partial charge in [0.1, 0.15) is 0 Å². The van der Waals surface area contributed by atoms with Gasteiger partial charge in [0.15, 0.2) is 0 Å². The summed E-state index contributed by atoms with van der Waals surface area (Å²) < 4.78 is 58.6. The van der Waals surface area contributed by atoms with Crippen LogP contribution in [0.3, 0.4) is 0 Å². The fourth-order valence-corrected chi connectivity index (χ4v) is 1.06. The summed E-state index contributed by atoms with van der Waals surface area (Å²) in [6.07, 6.45) is 0.0200. The Kier molecular flexibility index (Phi) is 1.87. The van der Waals surface area contributed by atoms with Gasteiger partial charge in [-0.3, -0.25) is 4.18 Å². The van der Waals surface area contributed by atoms with Gasteiger partial charge in [0.25, 0.3) is 0 Å². The molecule has 1 rings (SSSR count). The Morgan fingerprint density at radius 3 is 2.00 bits per heavy atom. The predicted molar refractivity (Wildman–Crippen MR) is 29.1 cm³/mol. The van der Waals surface area contributed by atoms with Crippen molar-refractivity contribution in [3.05, 3.63) is 0 Å². The highest BCUT2D eigenvalue weighted by molar-refractivity contribution is 7.87. The monoisotopic (exact) mass is 190 g/mol. The van der Waals surface area contributed by atoms with Crippen molar-refractivity contribution in [3.63, 3.8) is 0 Å². The zero-order chi connectivity index (χ0) is 8.70. The molecule has 0 amide bonds. The van der Waals surface area contributed by atoms with Crippen LogP contribution in [-0.4, -0.2) is 20.0 Å². The van der Waals surface area contributed by atoms with Crippen LogP contribution < -0.4 is 0 Å². The third kappa shape index (κ3) is 2.06. The van der Waals surface area contributed by atoms with Crippen LogP contribution in [0.4, 0.5) is 13.2 Å². The van der Waals surface area contributed by atoms with Gasteiger partial charge in [-0.2, -0.15) is 21.6 Å². The molecule has 1 aliphatic carbocycles. The maximum atomic E-state index is 11.5. The minimum Gasteiger partial charge on any atom is -0.260 e. The molecule has 0 spiro atoms. The zero-order valence-corrected chi connectivity index (χ0v) is 6.07. The van der Waals surface area contributed by atoms with E-state index in [9.17, 15) is 21.6 Å². The van der Waals surface area contributed by atoms with E-state index in [1.807, 2.05) is 0 Å². The van der Waals surface area contributed by atoms with Gasteiger partial charge < -0.3 is 0 Å². The molecule has 0 saturated heterocycles. The first-order chi connectivity index (χ1) is 4.83. The van der Waals surface area contributed by atoms with Crippen molar-refractivity contribution in [1.82, 2.24) is 0 Å². The predicted octanol–water partition coefficient (Wildman–Crippen LogP) is 1.02. The van der Waals surface area contributed by atoms with Gasteiger partial charge in [-0.25, -0.2) is 0 Å². The van der Waals surface area contributed by atoms with E-state index in [0.717, 1.165) is 0 Å². The Hall–Kier alpha value is -0.300. The van der Waals surface area contributed by atoms with Crippen LogP contribution in [0.2, 0.25) is 0 Å². The summed E-state index contributed by atoms with van der Waals surface area (Å²) >= 11 is 0. The summed E-state index contributed by atoms with van der Waals surface area (Å²) in [6.45, 7) is 0. The van der Waals surface area contributed by atoms with Gasteiger partial charge in [-0.15, -0.1) is 0 Å². The number of hydrogen-bond acceptors (Lipinski definition) is 3. The van der Waals surface area contributed by atoms with E-state index < -0.39 is 21.7 Å². The van der Waals surface area contributed by atoms with Crippen molar-refractivity contribution >= 4 is 10.1 Å². The maximum absolute atomic E-state index is 11.5. The Morgan fingerprint density at radius 1 is 1.27 bits per heavy atom. The quantitative estimate of drug-likeness (QED) is 0.482. The summed E-state index contributed by atoms with van der Waals surface area (Å²) in [7, 11) is -5.33. The summed E-state index contributed by atoms with van der Waals surface area (Å²) in [4.78, 5) is 0. The summed E-state index contributed by atoms with van der Waals surface area (Å²) in [5, 5.41) is 0. The molecule has 0 aromatic rings. The van der Waals surface area contributed by atoms with E-state index in [0.29, 0.717) is 12.8 Å². The first kappa shape index (κ1) is 8.79. The van der Waals surface area contributed by atoms with Crippen LogP contribution >= 0.6 is 0 Å². The molecule has 1 aliphatic rings. The summed E-state index contributed by atoms with van der Waals surface area (Å²) in [5.41, 5.74) is -5.28. The molecular formula is C4H5F3O3S. The third-order valence-electron chi connectivity index (χ3n) is 1.07. The van der Waals surface area contributed by atoms with Crippen LogP contribution in [0.5, 0.6) is 0 Å². The minimum absolute atomic E-state index is 0.384. The lowest BCUT2D eigenvalue weighted by Crippen LogP contribution is -2.26. The molecule has 3 nitrogen and oxygen atoms in total. The van der Waals surface area contributed by atoms with Crippen molar-refractivity contribution in [2.45, 2.75) is 24.5 Å². The largest absolute Gasteiger partial charge is 0.523 e. The smallest absolute Gasteiger partial charge is 0.260 e.